The number of halogens is 2. The summed E-state index contributed by atoms with van der Waals surface area (Å²) >= 11 is 5.62. The van der Waals surface area contributed by atoms with E-state index in [0.717, 1.165) is 0 Å². The van der Waals surface area contributed by atoms with Crippen molar-refractivity contribution in [3.63, 3.8) is 0 Å². The monoisotopic (exact) mass is 249 g/mol. The molecule has 0 heterocycles. The highest BCUT2D eigenvalue weighted by Gasteiger charge is 2.10. The fourth-order valence-electron chi connectivity index (χ4n) is 1.38. The second kappa shape index (κ2) is 4.97. The lowest BCUT2D eigenvalue weighted by molar-refractivity contribution is 0.102. The van der Waals surface area contributed by atoms with Gasteiger partial charge in [0.2, 0.25) is 0 Å². The molecule has 0 bridgehead atoms. The summed E-state index contributed by atoms with van der Waals surface area (Å²) in [6.45, 7) is 0. The van der Waals surface area contributed by atoms with Crippen molar-refractivity contribution < 1.29 is 9.18 Å². The summed E-state index contributed by atoms with van der Waals surface area (Å²) < 4.78 is 13.5. The first kappa shape index (κ1) is 11.6. The lowest BCUT2D eigenvalue weighted by atomic mass is 10.2. The maximum atomic E-state index is 13.5. The molecule has 0 atom stereocenters. The third-order valence-corrected chi connectivity index (χ3v) is 2.53. The molecule has 86 valence electrons. The van der Waals surface area contributed by atoms with E-state index < -0.39 is 5.82 Å². The first-order valence-corrected chi connectivity index (χ1v) is 5.36. The molecule has 0 saturated heterocycles. The normalized spacial score (nSPS) is 10.0. The zero-order valence-corrected chi connectivity index (χ0v) is 9.54. The molecule has 1 amide bonds. The Morgan fingerprint density at radius 1 is 1.06 bits per heavy atom. The van der Waals surface area contributed by atoms with Gasteiger partial charge >= 0.3 is 0 Å². The first-order chi connectivity index (χ1) is 8.18. The van der Waals surface area contributed by atoms with Gasteiger partial charge in [0.05, 0.1) is 10.7 Å². The average molecular weight is 250 g/mol. The Morgan fingerprint density at radius 2 is 1.76 bits per heavy atom. The molecule has 17 heavy (non-hydrogen) atoms. The van der Waals surface area contributed by atoms with Gasteiger partial charge in [-0.1, -0.05) is 35.9 Å². The summed E-state index contributed by atoms with van der Waals surface area (Å²) in [5, 5.41) is 2.45. The lowest BCUT2D eigenvalue weighted by Crippen LogP contribution is -2.12. The Balaban J connectivity index is 2.22. The van der Waals surface area contributed by atoms with Crippen molar-refractivity contribution >= 4 is 23.2 Å². The average Bonchev–Trinajstić information content (AvgIpc) is 2.36. The summed E-state index contributed by atoms with van der Waals surface area (Å²) in [6.07, 6.45) is 0. The van der Waals surface area contributed by atoms with Crippen LogP contribution in [0.5, 0.6) is 0 Å². The second-order valence-corrected chi connectivity index (χ2v) is 3.83. The van der Waals surface area contributed by atoms with Crippen molar-refractivity contribution in [2.45, 2.75) is 0 Å². The molecular formula is C13H9ClFNO. The van der Waals surface area contributed by atoms with Crippen molar-refractivity contribution in [2.75, 3.05) is 5.32 Å². The highest BCUT2D eigenvalue weighted by molar-refractivity contribution is 6.31. The van der Waals surface area contributed by atoms with E-state index >= 15 is 0 Å². The summed E-state index contributed by atoms with van der Waals surface area (Å²) in [6, 6.07) is 13.0. The van der Waals surface area contributed by atoms with Gasteiger partial charge in [-0.2, -0.15) is 0 Å². The van der Waals surface area contributed by atoms with Crippen molar-refractivity contribution in [2.24, 2.45) is 0 Å². The minimum Gasteiger partial charge on any atom is -0.319 e. The molecule has 0 radical (unpaired) electrons. The Bertz CT molecular complexity index is 542. The van der Waals surface area contributed by atoms with Crippen LogP contribution in [0.2, 0.25) is 5.02 Å². The van der Waals surface area contributed by atoms with Gasteiger partial charge in [-0.15, -0.1) is 0 Å². The van der Waals surface area contributed by atoms with Crippen LogP contribution in [0.3, 0.4) is 0 Å². The molecule has 4 heteroatoms. The molecule has 0 aliphatic rings. The highest BCUT2D eigenvalue weighted by atomic mass is 35.5. The van der Waals surface area contributed by atoms with Gasteiger partial charge in [-0.3, -0.25) is 4.79 Å². The molecule has 1 N–H and O–H groups in total. The topological polar surface area (TPSA) is 29.1 Å². The van der Waals surface area contributed by atoms with Crippen molar-refractivity contribution in [3.05, 3.63) is 64.9 Å². The van der Waals surface area contributed by atoms with Crippen molar-refractivity contribution in [3.8, 4) is 0 Å². The van der Waals surface area contributed by atoms with Crippen LogP contribution in [0.15, 0.2) is 48.5 Å². The zero-order valence-electron chi connectivity index (χ0n) is 8.78. The van der Waals surface area contributed by atoms with Crippen LogP contribution in [0, 0.1) is 5.82 Å². The highest BCUT2D eigenvalue weighted by Crippen LogP contribution is 2.22. The van der Waals surface area contributed by atoms with Gasteiger partial charge in [0, 0.05) is 5.56 Å². The number of hydrogen-bond donors (Lipinski definition) is 1. The molecular weight excluding hydrogens is 241 g/mol. The van der Waals surface area contributed by atoms with Crippen LogP contribution in [0.25, 0.3) is 0 Å². The van der Waals surface area contributed by atoms with Crippen LogP contribution >= 0.6 is 11.6 Å². The first-order valence-electron chi connectivity index (χ1n) is 4.99. The van der Waals surface area contributed by atoms with E-state index in [2.05, 4.69) is 5.32 Å². The molecule has 2 rings (SSSR count). The van der Waals surface area contributed by atoms with Gasteiger partial charge < -0.3 is 5.32 Å². The fraction of sp³-hybridized carbons (Fsp3) is 0. The van der Waals surface area contributed by atoms with E-state index in [-0.39, 0.29) is 16.6 Å². The minimum absolute atomic E-state index is 0.0177. The van der Waals surface area contributed by atoms with E-state index in [0.29, 0.717) is 5.56 Å². The van der Waals surface area contributed by atoms with Crippen LogP contribution in [0.1, 0.15) is 10.4 Å². The molecule has 0 aliphatic heterocycles. The smallest absolute Gasteiger partial charge is 0.255 e. The van der Waals surface area contributed by atoms with Crippen LogP contribution in [0.4, 0.5) is 10.1 Å². The standard InChI is InChI=1S/C13H9ClFNO/c14-10-7-4-8-11(12(10)15)16-13(17)9-5-2-1-3-6-9/h1-8H,(H,16,17). The Kier molecular flexibility index (Phi) is 3.40. The molecule has 0 fully saturated rings. The number of hydrogen-bond acceptors (Lipinski definition) is 1. The number of anilines is 1. The van der Waals surface area contributed by atoms with E-state index in [1.807, 2.05) is 0 Å². The number of amides is 1. The Labute approximate surface area is 103 Å². The predicted molar refractivity (Wildman–Crippen MR) is 65.8 cm³/mol. The molecule has 0 saturated carbocycles. The number of nitrogens with one attached hydrogen (secondary N) is 1. The van der Waals surface area contributed by atoms with Crippen LogP contribution < -0.4 is 5.32 Å². The third kappa shape index (κ3) is 2.63. The third-order valence-electron chi connectivity index (χ3n) is 2.24. The second-order valence-electron chi connectivity index (χ2n) is 3.42. The number of benzene rings is 2. The van der Waals surface area contributed by atoms with E-state index in [1.54, 1.807) is 36.4 Å². The lowest BCUT2D eigenvalue weighted by Gasteiger charge is -2.06. The van der Waals surface area contributed by atoms with E-state index in [4.69, 9.17) is 11.6 Å². The van der Waals surface area contributed by atoms with Gasteiger partial charge in [-0.05, 0) is 24.3 Å². The summed E-state index contributed by atoms with van der Waals surface area (Å²) in [7, 11) is 0. The Hall–Kier alpha value is -1.87. The maximum absolute atomic E-state index is 13.5. The molecule has 0 spiro atoms. The molecule has 0 aromatic heterocycles. The molecule has 0 aliphatic carbocycles. The van der Waals surface area contributed by atoms with Crippen LogP contribution in [-0.4, -0.2) is 5.91 Å². The van der Waals surface area contributed by atoms with Gasteiger partial charge in [0.15, 0.2) is 5.82 Å². The van der Waals surface area contributed by atoms with Crippen molar-refractivity contribution in [1.82, 2.24) is 0 Å². The number of carbonyl (C=O) groups excluding carboxylic acids is 1. The molecule has 2 aromatic carbocycles. The quantitative estimate of drug-likeness (QED) is 0.863. The molecule has 2 aromatic rings. The minimum atomic E-state index is -0.626. The largest absolute Gasteiger partial charge is 0.319 e. The SMILES string of the molecule is O=C(Nc1cccc(Cl)c1F)c1ccccc1. The fourth-order valence-corrected chi connectivity index (χ4v) is 1.56. The van der Waals surface area contributed by atoms with Gasteiger partial charge in [0.1, 0.15) is 0 Å². The van der Waals surface area contributed by atoms with Crippen LogP contribution in [-0.2, 0) is 0 Å². The molecule has 0 unspecified atom stereocenters. The van der Waals surface area contributed by atoms with E-state index in [9.17, 15) is 9.18 Å². The Morgan fingerprint density at radius 3 is 2.47 bits per heavy atom. The summed E-state index contributed by atoms with van der Waals surface area (Å²) in [5.74, 6) is -0.995. The number of rotatable bonds is 2. The van der Waals surface area contributed by atoms with Gasteiger partial charge in [-0.25, -0.2) is 4.39 Å². The van der Waals surface area contributed by atoms with Gasteiger partial charge in [0.25, 0.3) is 5.91 Å². The summed E-state index contributed by atoms with van der Waals surface area (Å²) in [4.78, 5) is 11.8. The van der Waals surface area contributed by atoms with Crippen molar-refractivity contribution in [1.29, 1.82) is 0 Å². The predicted octanol–water partition coefficient (Wildman–Crippen LogP) is 3.73. The maximum Gasteiger partial charge on any atom is 0.255 e. The zero-order chi connectivity index (χ0) is 12.3. The van der Waals surface area contributed by atoms with E-state index in [1.165, 1.54) is 12.1 Å². The summed E-state index contributed by atoms with van der Waals surface area (Å²) in [5.41, 5.74) is 0.540. The number of carbonyl (C=O) groups is 1. The molecule has 2 nitrogen and oxygen atoms in total.